The van der Waals surface area contributed by atoms with Crippen LogP contribution in [0.5, 0.6) is 0 Å². The van der Waals surface area contributed by atoms with Crippen LogP contribution in [-0.4, -0.2) is 16.1 Å². The van der Waals surface area contributed by atoms with Crippen LogP contribution in [0.15, 0.2) is 28.7 Å². The van der Waals surface area contributed by atoms with E-state index in [1.54, 1.807) is 18.2 Å². The third kappa shape index (κ3) is 1.96. The Hall–Kier alpha value is -2.30. The van der Waals surface area contributed by atoms with Crippen molar-refractivity contribution in [3.05, 3.63) is 30.2 Å². The molecular formula is C10H8N2O3. The lowest BCUT2D eigenvalue weighted by Crippen LogP contribution is -1.85. The van der Waals surface area contributed by atoms with E-state index >= 15 is 0 Å². The van der Waals surface area contributed by atoms with E-state index in [0.717, 1.165) is 6.08 Å². The molecule has 0 atom stereocenters. The number of carbonyl (C=O) groups is 1. The monoisotopic (exact) mass is 204 g/mol. The number of aromatic nitrogens is 1. The summed E-state index contributed by atoms with van der Waals surface area (Å²) in [7, 11) is 0. The van der Waals surface area contributed by atoms with Gasteiger partial charge >= 0.3 is 5.97 Å². The summed E-state index contributed by atoms with van der Waals surface area (Å²) < 4.78 is 5.26. The summed E-state index contributed by atoms with van der Waals surface area (Å²) in [5.74, 6) is -0.797. The van der Waals surface area contributed by atoms with Crippen molar-refractivity contribution >= 4 is 28.8 Å². The number of carboxylic acids is 1. The van der Waals surface area contributed by atoms with Crippen molar-refractivity contribution in [1.29, 1.82) is 0 Å². The average molecular weight is 204 g/mol. The van der Waals surface area contributed by atoms with Gasteiger partial charge in [-0.1, -0.05) is 0 Å². The maximum atomic E-state index is 10.3. The van der Waals surface area contributed by atoms with Gasteiger partial charge in [-0.05, 0) is 12.1 Å². The number of hydrogen-bond acceptors (Lipinski definition) is 4. The summed E-state index contributed by atoms with van der Waals surface area (Å²) in [6.07, 6.45) is 2.26. The first kappa shape index (κ1) is 9.26. The molecule has 1 aromatic carbocycles. The minimum atomic E-state index is -1.04. The van der Waals surface area contributed by atoms with E-state index in [0.29, 0.717) is 16.8 Å². The van der Waals surface area contributed by atoms with E-state index in [9.17, 15) is 4.79 Å². The predicted octanol–water partition coefficient (Wildman–Crippen LogP) is 1.51. The molecule has 3 N–H and O–H groups in total. The number of nitrogen functional groups attached to an aromatic ring is 1. The van der Waals surface area contributed by atoms with Gasteiger partial charge in [0.15, 0.2) is 5.58 Å². The van der Waals surface area contributed by atoms with Crippen LogP contribution in [-0.2, 0) is 4.79 Å². The molecule has 0 aliphatic rings. The number of nitrogens with two attached hydrogens (primary N) is 1. The van der Waals surface area contributed by atoms with Gasteiger partial charge in [-0.15, -0.1) is 0 Å². The molecule has 5 nitrogen and oxygen atoms in total. The van der Waals surface area contributed by atoms with Crippen molar-refractivity contribution in [2.45, 2.75) is 0 Å². The first-order valence-electron chi connectivity index (χ1n) is 4.22. The molecule has 0 aliphatic heterocycles. The Morgan fingerprint density at radius 3 is 3.07 bits per heavy atom. The zero-order chi connectivity index (χ0) is 10.8. The molecular weight excluding hydrogens is 196 g/mol. The SMILES string of the molecule is Nc1ccc2nc(/C=C/C(=O)O)oc2c1. The van der Waals surface area contributed by atoms with Gasteiger partial charge in [0.1, 0.15) is 5.52 Å². The number of nitrogens with zero attached hydrogens (tertiary/aromatic N) is 1. The average Bonchev–Trinajstić information content (AvgIpc) is 2.56. The van der Waals surface area contributed by atoms with E-state index < -0.39 is 5.97 Å². The van der Waals surface area contributed by atoms with E-state index in [2.05, 4.69) is 4.98 Å². The molecule has 0 fully saturated rings. The standard InChI is InChI=1S/C10H8N2O3/c11-6-1-2-7-8(5-6)15-9(12-7)3-4-10(13)14/h1-5H,11H2,(H,13,14)/b4-3+. The van der Waals surface area contributed by atoms with Crippen LogP contribution in [0.4, 0.5) is 5.69 Å². The Balaban J connectivity index is 2.43. The van der Waals surface area contributed by atoms with Crippen LogP contribution in [0.1, 0.15) is 5.89 Å². The summed E-state index contributed by atoms with van der Waals surface area (Å²) in [6, 6.07) is 5.06. The lowest BCUT2D eigenvalue weighted by Gasteiger charge is -1.88. The van der Waals surface area contributed by atoms with Gasteiger partial charge < -0.3 is 15.3 Å². The number of carboxylic acid groups (broad SMARTS) is 1. The number of hydrogen-bond donors (Lipinski definition) is 2. The first-order valence-corrected chi connectivity index (χ1v) is 4.22. The molecule has 0 saturated carbocycles. The molecule has 0 aliphatic carbocycles. The highest BCUT2D eigenvalue weighted by Crippen LogP contribution is 2.18. The van der Waals surface area contributed by atoms with E-state index in [1.807, 2.05) is 0 Å². The van der Waals surface area contributed by atoms with E-state index in [1.165, 1.54) is 6.08 Å². The fourth-order valence-electron chi connectivity index (χ4n) is 1.17. The fourth-order valence-corrected chi connectivity index (χ4v) is 1.17. The summed E-state index contributed by atoms with van der Waals surface area (Å²) in [5.41, 5.74) is 7.32. The maximum Gasteiger partial charge on any atom is 0.328 e. The van der Waals surface area contributed by atoms with Gasteiger partial charge in [0.2, 0.25) is 5.89 Å². The Labute approximate surface area is 84.8 Å². The van der Waals surface area contributed by atoms with Crippen LogP contribution < -0.4 is 5.73 Å². The number of anilines is 1. The summed E-state index contributed by atoms with van der Waals surface area (Å²) in [6.45, 7) is 0. The minimum Gasteiger partial charge on any atom is -0.478 e. The van der Waals surface area contributed by atoms with Crippen molar-refractivity contribution < 1.29 is 14.3 Å². The Bertz CT molecular complexity index is 543. The van der Waals surface area contributed by atoms with Gasteiger partial charge in [0, 0.05) is 23.9 Å². The second kappa shape index (κ2) is 3.45. The highest BCUT2D eigenvalue weighted by atomic mass is 16.4. The molecule has 5 heteroatoms. The van der Waals surface area contributed by atoms with Gasteiger partial charge in [-0.3, -0.25) is 0 Å². The van der Waals surface area contributed by atoms with Crippen molar-refractivity contribution in [3.63, 3.8) is 0 Å². The van der Waals surface area contributed by atoms with Crippen molar-refractivity contribution in [2.75, 3.05) is 5.73 Å². The normalized spacial score (nSPS) is 11.2. The van der Waals surface area contributed by atoms with E-state index in [-0.39, 0.29) is 5.89 Å². The number of aliphatic carboxylic acids is 1. The van der Waals surface area contributed by atoms with Gasteiger partial charge in [0.05, 0.1) is 0 Å². The third-order valence-corrected chi connectivity index (χ3v) is 1.80. The second-order valence-corrected chi connectivity index (χ2v) is 2.95. The van der Waals surface area contributed by atoms with Crippen LogP contribution in [0.3, 0.4) is 0 Å². The zero-order valence-corrected chi connectivity index (χ0v) is 7.68. The van der Waals surface area contributed by atoms with Crippen LogP contribution in [0.25, 0.3) is 17.2 Å². The van der Waals surface area contributed by atoms with Crippen LogP contribution >= 0.6 is 0 Å². The first-order chi connectivity index (χ1) is 7.15. The Kier molecular flexibility index (Phi) is 2.13. The second-order valence-electron chi connectivity index (χ2n) is 2.95. The summed E-state index contributed by atoms with van der Waals surface area (Å²) in [4.78, 5) is 14.3. The molecule has 76 valence electrons. The topological polar surface area (TPSA) is 89.3 Å². The van der Waals surface area contributed by atoms with Crippen molar-refractivity contribution in [2.24, 2.45) is 0 Å². The summed E-state index contributed by atoms with van der Waals surface area (Å²) >= 11 is 0. The van der Waals surface area contributed by atoms with Gasteiger partial charge in [0.25, 0.3) is 0 Å². The molecule has 0 unspecified atom stereocenters. The zero-order valence-electron chi connectivity index (χ0n) is 7.68. The minimum absolute atomic E-state index is 0.248. The van der Waals surface area contributed by atoms with Crippen molar-refractivity contribution in [3.8, 4) is 0 Å². The molecule has 2 rings (SSSR count). The lowest BCUT2D eigenvalue weighted by atomic mass is 10.3. The van der Waals surface area contributed by atoms with Gasteiger partial charge in [-0.25, -0.2) is 9.78 Å². The highest BCUT2D eigenvalue weighted by molar-refractivity contribution is 5.85. The molecule has 1 heterocycles. The molecule has 0 radical (unpaired) electrons. The molecule has 1 aromatic heterocycles. The number of benzene rings is 1. The quantitative estimate of drug-likeness (QED) is 0.571. The lowest BCUT2D eigenvalue weighted by molar-refractivity contribution is -0.131. The summed E-state index contributed by atoms with van der Waals surface area (Å²) in [5, 5.41) is 8.42. The predicted molar refractivity (Wildman–Crippen MR) is 55.1 cm³/mol. The smallest absolute Gasteiger partial charge is 0.328 e. The van der Waals surface area contributed by atoms with Crippen molar-refractivity contribution in [1.82, 2.24) is 4.98 Å². The number of fused-ring (bicyclic) bond motifs is 1. The molecule has 0 bridgehead atoms. The third-order valence-electron chi connectivity index (χ3n) is 1.80. The largest absolute Gasteiger partial charge is 0.478 e. The highest BCUT2D eigenvalue weighted by Gasteiger charge is 2.03. The number of rotatable bonds is 2. The maximum absolute atomic E-state index is 10.3. The Morgan fingerprint density at radius 1 is 1.53 bits per heavy atom. The molecule has 0 amide bonds. The van der Waals surface area contributed by atoms with E-state index in [4.69, 9.17) is 15.3 Å². The van der Waals surface area contributed by atoms with Crippen LogP contribution in [0.2, 0.25) is 0 Å². The van der Waals surface area contributed by atoms with Gasteiger partial charge in [-0.2, -0.15) is 0 Å². The molecule has 2 aromatic rings. The van der Waals surface area contributed by atoms with Crippen LogP contribution in [0, 0.1) is 0 Å². The molecule has 15 heavy (non-hydrogen) atoms. The fraction of sp³-hybridized carbons (Fsp3) is 0. The molecule has 0 spiro atoms. The number of oxazole rings is 1. The molecule has 0 saturated heterocycles. The Morgan fingerprint density at radius 2 is 2.33 bits per heavy atom.